The summed E-state index contributed by atoms with van der Waals surface area (Å²) in [6, 6.07) is 0.273. The van der Waals surface area contributed by atoms with Gasteiger partial charge in [-0.3, -0.25) is 4.79 Å². The molecule has 1 aliphatic heterocycles. The molecule has 1 heterocycles. The molecule has 0 aromatic rings. The van der Waals surface area contributed by atoms with Gasteiger partial charge < -0.3 is 9.80 Å². The van der Waals surface area contributed by atoms with Gasteiger partial charge in [0.05, 0.1) is 5.25 Å². The van der Waals surface area contributed by atoms with E-state index in [1.165, 1.54) is 6.26 Å². The number of ketones is 1. The van der Waals surface area contributed by atoms with E-state index in [0.29, 0.717) is 19.3 Å². The van der Waals surface area contributed by atoms with Gasteiger partial charge in [-0.05, 0) is 33.4 Å². The third-order valence-corrected chi connectivity index (χ3v) is 6.74. The number of nitrogens with zero attached hydrogens (tertiary/aromatic N) is 2. The van der Waals surface area contributed by atoms with E-state index in [4.69, 9.17) is 0 Å². The SMILES string of the molecule is CN1CCN(C)C(CC(=O)C2CCCC(S(C)(=O)=O)C2)C1. The smallest absolute Gasteiger partial charge is 0.150 e. The van der Waals surface area contributed by atoms with E-state index in [-0.39, 0.29) is 23.0 Å². The van der Waals surface area contributed by atoms with Crippen molar-refractivity contribution in [3.63, 3.8) is 0 Å². The number of carbonyl (C=O) groups excluding carboxylic acids is 1. The van der Waals surface area contributed by atoms with Crippen LogP contribution in [0.15, 0.2) is 0 Å². The molecule has 122 valence electrons. The van der Waals surface area contributed by atoms with Gasteiger partial charge in [-0.2, -0.15) is 0 Å². The molecular weight excluding hydrogens is 288 g/mol. The normalized spacial score (nSPS) is 33.0. The molecule has 2 fully saturated rings. The van der Waals surface area contributed by atoms with Crippen molar-refractivity contribution in [2.45, 2.75) is 43.4 Å². The number of sulfone groups is 1. The third kappa shape index (κ3) is 4.50. The Morgan fingerprint density at radius 1 is 1.19 bits per heavy atom. The van der Waals surface area contributed by atoms with E-state index in [2.05, 4.69) is 23.9 Å². The van der Waals surface area contributed by atoms with Crippen LogP contribution in [-0.4, -0.2) is 75.3 Å². The lowest BCUT2D eigenvalue weighted by Crippen LogP contribution is -2.51. The van der Waals surface area contributed by atoms with E-state index in [9.17, 15) is 13.2 Å². The fraction of sp³-hybridized carbons (Fsp3) is 0.933. The maximum absolute atomic E-state index is 12.6. The Kier molecular flexibility index (Phi) is 5.43. The van der Waals surface area contributed by atoms with Crippen LogP contribution in [0.1, 0.15) is 32.1 Å². The Balaban J connectivity index is 1.93. The fourth-order valence-electron chi connectivity index (χ4n) is 3.55. The highest BCUT2D eigenvalue weighted by atomic mass is 32.2. The van der Waals surface area contributed by atoms with Crippen molar-refractivity contribution in [1.29, 1.82) is 0 Å². The zero-order chi connectivity index (χ0) is 15.6. The third-order valence-electron chi connectivity index (χ3n) is 5.10. The maximum atomic E-state index is 12.6. The second-order valence-corrected chi connectivity index (χ2v) is 9.21. The number of Topliss-reactive ketones (excluding diaryl/α,β-unsaturated/α-hetero) is 1. The highest BCUT2D eigenvalue weighted by molar-refractivity contribution is 7.91. The molecule has 1 saturated carbocycles. The average molecular weight is 316 g/mol. The van der Waals surface area contributed by atoms with Crippen LogP contribution < -0.4 is 0 Å². The minimum atomic E-state index is -3.02. The molecule has 3 atom stereocenters. The van der Waals surface area contributed by atoms with Gasteiger partial charge in [-0.25, -0.2) is 8.42 Å². The highest BCUT2D eigenvalue weighted by Gasteiger charge is 2.34. The van der Waals surface area contributed by atoms with Crippen LogP contribution in [0.3, 0.4) is 0 Å². The van der Waals surface area contributed by atoms with Crippen LogP contribution in [-0.2, 0) is 14.6 Å². The van der Waals surface area contributed by atoms with Crippen LogP contribution in [0.5, 0.6) is 0 Å². The van der Waals surface area contributed by atoms with Crippen LogP contribution in [0.25, 0.3) is 0 Å². The lowest BCUT2D eigenvalue weighted by Gasteiger charge is -2.38. The molecule has 0 aromatic carbocycles. The first kappa shape index (κ1) is 16.9. The van der Waals surface area contributed by atoms with Crippen molar-refractivity contribution in [3.8, 4) is 0 Å². The number of hydrogen-bond acceptors (Lipinski definition) is 5. The summed E-state index contributed by atoms with van der Waals surface area (Å²) in [6.07, 6.45) is 4.82. The minimum Gasteiger partial charge on any atom is -0.304 e. The molecule has 6 heteroatoms. The van der Waals surface area contributed by atoms with Crippen LogP contribution in [0, 0.1) is 5.92 Å². The molecule has 3 unspecified atom stereocenters. The standard InChI is InChI=1S/C15H28N2O3S/c1-16-7-8-17(2)13(11-16)10-15(18)12-5-4-6-14(9-12)21(3,19)20/h12-14H,4-11H2,1-3H3. The van der Waals surface area contributed by atoms with Gasteiger partial charge in [0.2, 0.25) is 0 Å². The molecule has 1 saturated heterocycles. The van der Waals surface area contributed by atoms with Crippen molar-refractivity contribution >= 4 is 15.6 Å². The Morgan fingerprint density at radius 2 is 1.90 bits per heavy atom. The highest BCUT2D eigenvalue weighted by Crippen LogP contribution is 2.30. The average Bonchev–Trinajstić information content (AvgIpc) is 2.42. The molecule has 21 heavy (non-hydrogen) atoms. The molecular formula is C15H28N2O3S. The number of carbonyl (C=O) groups is 1. The summed E-state index contributed by atoms with van der Waals surface area (Å²) < 4.78 is 23.4. The molecule has 1 aliphatic carbocycles. The lowest BCUT2D eigenvalue weighted by molar-refractivity contribution is -0.125. The summed E-state index contributed by atoms with van der Waals surface area (Å²) in [5.74, 6) is 0.203. The van der Waals surface area contributed by atoms with Crippen LogP contribution in [0.2, 0.25) is 0 Å². The Labute approximate surface area is 128 Å². The summed E-state index contributed by atoms with van der Waals surface area (Å²) in [6.45, 7) is 2.95. The van der Waals surface area contributed by atoms with Gasteiger partial charge in [0.25, 0.3) is 0 Å². The monoisotopic (exact) mass is 316 g/mol. The molecule has 0 N–H and O–H groups in total. The van der Waals surface area contributed by atoms with Gasteiger partial charge in [-0.1, -0.05) is 6.42 Å². The van der Waals surface area contributed by atoms with Crippen molar-refractivity contribution in [2.24, 2.45) is 5.92 Å². The second kappa shape index (κ2) is 6.75. The minimum absolute atomic E-state index is 0.0564. The van der Waals surface area contributed by atoms with E-state index in [0.717, 1.165) is 32.5 Å². The predicted octanol–water partition coefficient (Wildman–Crippen LogP) is 0.795. The molecule has 0 spiro atoms. The van der Waals surface area contributed by atoms with Gasteiger partial charge in [0, 0.05) is 44.3 Å². The molecule has 0 bridgehead atoms. The molecule has 2 aliphatic rings. The summed E-state index contributed by atoms with van der Waals surface area (Å²) in [7, 11) is 1.15. The first-order valence-electron chi connectivity index (χ1n) is 7.87. The Hall–Kier alpha value is -0.460. The van der Waals surface area contributed by atoms with E-state index < -0.39 is 9.84 Å². The Morgan fingerprint density at radius 3 is 2.57 bits per heavy atom. The zero-order valence-corrected chi connectivity index (χ0v) is 14.2. The molecule has 5 nitrogen and oxygen atoms in total. The lowest BCUT2D eigenvalue weighted by atomic mass is 9.83. The van der Waals surface area contributed by atoms with Crippen molar-refractivity contribution in [1.82, 2.24) is 9.80 Å². The second-order valence-electron chi connectivity index (χ2n) is 6.88. The quantitative estimate of drug-likeness (QED) is 0.768. The number of likely N-dealkylation sites (N-methyl/N-ethyl adjacent to an activating group) is 2. The molecule has 2 rings (SSSR count). The number of piperazine rings is 1. The predicted molar refractivity (Wildman–Crippen MR) is 84.1 cm³/mol. The van der Waals surface area contributed by atoms with Crippen LogP contribution >= 0.6 is 0 Å². The molecule has 0 aromatic heterocycles. The zero-order valence-electron chi connectivity index (χ0n) is 13.4. The van der Waals surface area contributed by atoms with Gasteiger partial charge >= 0.3 is 0 Å². The fourth-order valence-corrected chi connectivity index (χ4v) is 4.72. The van der Waals surface area contributed by atoms with Crippen molar-refractivity contribution in [2.75, 3.05) is 40.0 Å². The summed E-state index contributed by atoms with van der Waals surface area (Å²) in [5.41, 5.74) is 0. The van der Waals surface area contributed by atoms with Crippen molar-refractivity contribution in [3.05, 3.63) is 0 Å². The molecule has 0 radical (unpaired) electrons. The first-order chi connectivity index (χ1) is 9.77. The summed E-state index contributed by atoms with van der Waals surface area (Å²) in [4.78, 5) is 17.1. The van der Waals surface area contributed by atoms with E-state index >= 15 is 0 Å². The van der Waals surface area contributed by atoms with Gasteiger partial charge in [-0.15, -0.1) is 0 Å². The van der Waals surface area contributed by atoms with Gasteiger partial charge in [0.15, 0.2) is 0 Å². The maximum Gasteiger partial charge on any atom is 0.150 e. The molecule has 0 amide bonds. The van der Waals surface area contributed by atoms with Crippen LogP contribution in [0.4, 0.5) is 0 Å². The summed E-state index contributed by atoms with van der Waals surface area (Å²) in [5, 5.41) is -0.313. The largest absolute Gasteiger partial charge is 0.304 e. The van der Waals surface area contributed by atoms with Gasteiger partial charge in [0.1, 0.15) is 15.6 Å². The van der Waals surface area contributed by atoms with Crippen molar-refractivity contribution < 1.29 is 13.2 Å². The first-order valence-corrected chi connectivity index (χ1v) is 9.83. The Bertz CT molecular complexity index is 477. The summed E-state index contributed by atoms with van der Waals surface area (Å²) >= 11 is 0. The van der Waals surface area contributed by atoms with E-state index in [1.54, 1.807) is 0 Å². The number of hydrogen-bond donors (Lipinski definition) is 0. The topological polar surface area (TPSA) is 57.7 Å². The number of rotatable bonds is 4. The van der Waals surface area contributed by atoms with E-state index in [1.807, 2.05) is 0 Å².